The Bertz CT molecular complexity index is 552. The fourth-order valence-corrected chi connectivity index (χ4v) is 2.06. The minimum atomic E-state index is -0.339. The van der Waals surface area contributed by atoms with Crippen LogP contribution in [0, 0.1) is 0 Å². The SMILES string of the molecule is NC(=O)CN(CCn1cccn1)Cc1cccc(N)c1. The second-order valence-electron chi connectivity index (χ2n) is 4.69. The van der Waals surface area contributed by atoms with Gasteiger partial charge < -0.3 is 11.5 Å². The number of carbonyl (C=O) groups excluding carboxylic acids is 1. The molecule has 0 fully saturated rings. The number of carbonyl (C=O) groups is 1. The number of nitrogens with two attached hydrogens (primary N) is 2. The lowest BCUT2D eigenvalue weighted by atomic mass is 10.2. The Morgan fingerprint density at radius 1 is 1.35 bits per heavy atom. The van der Waals surface area contributed by atoms with Crippen molar-refractivity contribution in [1.82, 2.24) is 14.7 Å². The topological polar surface area (TPSA) is 90.2 Å². The second-order valence-corrected chi connectivity index (χ2v) is 4.69. The molecular formula is C14H19N5O. The predicted molar refractivity (Wildman–Crippen MR) is 77.6 cm³/mol. The van der Waals surface area contributed by atoms with Gasteiger partial charge in [0, 0.05) is 31.2 Å². The van der Waals surface area contributed by atoms with Gasteiger partial charge in [-0.25, -0.2) is 0 Å². The largest absolute Gasteiger partial charge is 0.399 e. The molecule has 0 unspecified atom stereocenters. The maximum absolute atomic E-state index is 11.2. The van der Waals surface area contributed by atoms with E-state index in [2.05, 4.69) is 5.10 Å². The summed E-state index contributed by atoms with van der Waals surface area (Å²) in [6.45, 7) is 2.26. The van der Waals surface area contributed by atoms with Gasteiger partial charge in [0.15, 0.2) is 0 Å². The van der Waals surface area contributed by atoms with E-state index in [1.807, 2.05) is 46.1 Å². The number of benzene rings is 1. The van der Waals surface area contributed by atoms with Crippen LogP contribution in [0.3, 0.4) is 0 Å². The van der Waals surface area contributed by atoms with E-state index in [9.17, 15) is 4.79 Å². The van der Waals surface area contributed by atoms with Crippen molar-refractivity contribution in [3.63, 3.8) is 0 Å². The van der Waals surface area contributed by atoms with Crippen molar-refractivity contribution in [3.05, 3.63) is 48.3 Å². The van der Waals surface area contributed by atoms with Crippen molar-refractivity contribution in [2.75, 3.05) is 18.8 Å². The number of primary amides is 1. The van der Waals surface area contributed by atoms with E-state index in [1.165, 1.54) is 0 Å². The molecule has 2 aromatic rings. The van der Waals surface area contributed by atoms with Gasteiger partial charge in [-0.3, -0.25) is 14.4 Å². The highest BCUT2D eigenvalue weighted by Crippen LogP contribution is 2.09. The zero-order valence-electron chi connectivity index (χ0n) is 11.3. The number of nitrogens with zero attached hydrogens (tertiary/aromatic N) is 3. The van der Waals surface area contributed by atoms with Crippen LogP contribution < -0.4 is 11.5 Å². The Morgan fingerprint density at radius 3 is 2.85 bits per heavy atom. The van der Waals surface area contributed by atoms with Crippen LogP contribution in [0.15, 0.2) is 42.7 Å². The number of rotatable bonds is 7. The Morgan fingerprint density at radius 2 is 2.20 bits per heavy atom. The molecule has 1 aromatic carbocycles. The van der Waals surface area contributed by atoms with Gasteiger partial charge in [-0.05, 0) is 23.8 Å². The Labute approximate surface area is 118 Å². The summed E-state index contributed by atoms with van der Waals surface area (Å²) in [4.78, 5) is 13.1. The van der Waals surface area contributed by atoms with Crippen molar-refractivity contribution in [2.45, 2.75) is 13.1 Å². The van der Waals surface area contributed by atoms with Crippen molar-refractivity contribution in [1.29, 1.82) is 0 Å². The number of anilines is 1. The quantitative estimate of drug-likeness (QED) is 0.717. The minimum Gasteiger partial charge on any atom is -0.399 e. The van der Waals surface area contributed by atoms with Crippen LogP contribution in [0.4, 0.5) is 5.69 Å². The summed E-state index contributed by atoms with van der Waals surface area (Å²) in [6.07, 6.45) is 3.62. The summed E-state index contributed by atoms with van der Waals surface area (Å²) in [6, 6.07) is 9.50. The molecule has 1 amide bonds. The fraction of sp³-hybridized carbons (Fsp3) is 0.286. The van der Waals surface area contributed by atoms with E-state index in [-0.39, 0.29) is 12.5 Å². The minimum absolute atomic E-state index is 0.218. The number of amides is 1. The molecule has 6 heteroatoms. The summed E-state index contributed by atoms with van der Waals surface area (Å²) >= 11 is 0. The summed E-state index contributed by atoms with van der Waals surface area (Å²) in [7, 11) is 0. The molecule has 4 N–H and O–H groups in total. The maximum atomic E-state index is 11.2. The van der Waals surface area contributed by atoms with Gasteiger partial charge in [-0.1, -0.05) is 12.1 Å². The highest BCUT2D eigenvalue weighted by molar-refractivity contribution is 5.75. The van der Waals surface area contributed by atoms with Gasteiger partial charge >= 0.3 is 0 Å². The molecule has 0 saturated carbocycles. The summed E-state index contributed by atoms with van der Waals surface area (Å²) in [5, 5.41) is 4.14. The van der Waals surface area contributed by atoms with E-state index in [0.717, 1.165) is 5.56 Å². The standard InChI is InChI=1S/C14H19N5O/c15-13-4-1-3-12(9-13)10-18(11-14(16)20)7-8-19-6-2-5-17-19/h1-6,9H,7-8,10-11,15H2,(H2,16,20). The molecule has 0 aliphatic rings. The lowest BCUT2D eigenvalue weighted by Gasteiger charge is -2.21. The van der Waals surface area contributed by atoms with Gasteiger partial charge in [-0.2, -0.15) is 5.10 Å². The van der Waals surface area contributed by atoms with Gasteiger partial charge in [0.25, 0.3) is 0 Å². The monoisotopic (exact) mass is 273 g/mol. The van der Waals surface area contributed by atoms with Crippen molar-refractivity contribution in [2.24, 2.45) is 5.73 Å². The van der Waals surface area contributed by atoms with Crippen LogP contribution in [0.2, 0.25) is 0 Å². The van der Waals surface area contributed by atoms with Crippen LogP contribution in [0.5, 0.6) is 0 Å². The third kappa shape index (κ3) is 4.40. The molecule has 0 radical (unpaired) electrons. The van der Waals surface area contributed by atoms with E-state index < -0.39 is 0 Å². The molecule has 0 aliphatic carbocycles. The highest BCUT2D eigenvalue weighted by atomic mass is 16.1. The van der Waals surface area contributed by atoms with Gasteiger partial charge in [0.1, 0.15) is 0 Å². The predicted octanol–water partition coefficient (Wildman–Crippen LogP) is 0.453. The van der Waals surface area contributed by atoms with Crippen LogP contribution >= 0.6 is 0 Å². The first kappa shape index (κ1) is 14.1. The van der Waals surface area contributed by atoms with Gasteiger partial charge in [0.05, 0.1) is 13.1 Å². The molecule has 106 valence electrons. The normalized spacial score (nSPS) is 10.8. The lowest BCUT2D eigenvalue weighted by Crippen LogP contribution is -2.35. The molecule has 0 spiro atoms. The van der Waals surface area contributed by atoms with Gasteiger partial charge in [-0.15, -0.1) is 0 Å². The van der Waals surface area contributed by atoms with E-state index in [4.69, 9.17) is 11.5 Å². The summed E-state index contributed by atoms with van der Waals surface area (Å²) in [5.41, 5.74) is 12.8. The third-order valence-electron chi connectivity index (χ3n) is 2.94. The smallest absolute Gasteiger partial charge is 0.231 e. The first-order chi connectivity index (χ1) is 9.63. The summed E-state index contributed by atoms with van der Waals surface area (Å²) in [5.74, 6) is -0.339. The Hall–Kier alpha value is -2.34. The highest BCUT2D eigenvalue weighted by Gasteiger charge is 2.09. The number of nitrogen functional groups attached to an aromatic ring is 1. The van der Waals surface area contributed by atoms with Crippen LogP contribution in [-0.4, -0.2) is 33.7 Å². The Balaban J connectivity index is 1.97. The van der Waals surface area contributed by atoms with E-state index >= 15 is 0 Å². The molecule has 0 aliphatic heterocycles. The summed E-state index contributed by atoms with van der Waals surface area (Å²) < 4.78 is 1.83. The molecule has 0 atom stereocenters. The lowest BCUT2D eigenvalue weighted by molar-refractivity contribution is -0.119. The molecule has 2 rings (SSSR count). The fourth-order valence-electron chi connectivity index (χ4n) is 2.06. The van der Waals surface area contributed by atoms with Crippen LogP contribution in [0.1, 0.15) is 5.56 Å². The molecule has 20 heavy (non-hydrogen) atoms. The maximum Gasteiger partial charge on any atom is 0.231 e. The Kier molecular flexibility index (Phi) is 4.73. The number of hydrogen-bond donors (Lipinski definition) is 2. The third-order valence-corrected chi connectivity index (χ3v) is 2.94. The second kappa shape index (κ2) is 6.72. The van der Waals surface area contributed by atoms with Gasteiger partial charge in [0.2, 0.25) is 5.91 Å². The van der Waals surface area contributed by atoms with Crippen molar-refractivity contribution < 1.29 is 4.79 Å². The average Bonchev–Trinajstić information content (AvgIpc) is 2.88. The molecule has 6 nitrogen and oxygen atoms in total. The van der Waals surface area contributed by atoms with Crippen molar-refractivity contribution in [3.8, 4) is 0 Å². The van der Waals surface area contributed by atoms with E-state index in [1.54, 1.807) is 6.20 Å². The molecule has 1 heterocycles. The number of aromatic nitrogens is 2. The average molecular weight is 273 g/mol. The first-order valence-electron chi connectivity index (χ1n) is 6.46. The van der Waals surface area contributed by atoms with Crippen LogP contribution in [-0.2, 0) is 17.9 Å². The van der Waals surface area contributed by atoms with E-state index in [0.29, 0.717) is 25.3 Å². The molecule has 0 bridgehead atoms. The molecule has 0 saturated heterocycles. The zero-order valence-corrected chi connectivity index (χ0v) is 11.3. The first-order valence-corrected chi connectivity index (χ1v) is 6.46. The molecule has 1 aromatic heterocycles. The zero-order chi connectivity index (χ0) is 14.4. The molecular weight excluding hydrogens is 254 g/mol. The number of hydrogen-bond acceptors (Lipinski definition) is 4. The van der Waals surface area contributed by atoms with Crippen LogP contribution in [0.25, 0.3) is 0 Å². The van der Waals surface area contributed by atoms with Crippen molar-refractivity contribution >= 4 is 11.6 Å².